The molecule has 2 atom stereocenters. The monoisotopic (exact) mass is 341 g/mol. The summed E-state index contributed by atoms with van der Waals surface area (Å²) in [6.45, 7) is 1.46. The van der Waals surface area contributed by atoms with Crippen LogP contribution in [0, 0.1) is 0 Å². The Kier molecular flexibility index (Phi) is 4.46. The van der Waals surface area contributed by atoms with Gasteiger partial charge in [0.2, 0.25) is 3.12 Å². The highest BCUT2D eigenvalue weighted by Gasteiger charge is 2.45. The van der Waals surface area contributed by atoms with E-state index >= 15 is 0 Å². The maximum atomic E-state index is 11.8. The molecule has 0 heterocycles. The van der Waals surface area contributed by atoms with E-state index in [0.717, 1.165) is 0 Å². The predicted octanol–water partition coefficient (Wildman–Crippen LogP) is 2.02. The number of aliphatic hydroxyl groups is 1. The number of anilines is 1. The lowest BCUT2D eigenvalue weighted by Crippen LogP contribution is -2.34. The highest BCUT2D eigenvalue weighted by molar-refractivity contribution is 9.12. The molecular weight excluding hydrogens is 330 g/mol. The highest BCUT2D eigenvalue weighted by atomic mass is 79.9. The van der Waals surface area contributed by atoms with Crippen LogP contribution in [0.3, 0.4) is 0 Å². The third-order valence-electron chi connectivity index (χ3n) is 2.34. The van der Waals surface area contributed by atoms with Crippen molar-refractivity contribution in [1.29, 1.82) is 0 Å². The van der Waals surface area contributed by atoms with E-state index in [1.807, 2.05) is 0 Å². The Morgan fingerprint density at radius 3 is 2.65 bits per heavy atom. The van der Waals surface area contributed by atoms with Crippen LogP contribution < -0.4 is 5.73 Å². The van der Waals surface area contributed by atoms with Gasteiger partial charge in [-0.15, -0.1) is 0 Å². The molecule has 0 aromatic heterocycles. The second-order valence-electron chi connectivity index (χ2n) is 3.54. The second-order valence-corrected chi connectivity index (χ2v) is 9.04. The molecule has 0 saturated heterocycles. The molecule has 7 heteroatoms. The van der Waals surface area contributed by atoms with Crippen molar-refractivity contribution in [2.75, 3.05) is 11.5 Å². The average molecular weight is 343 g/mol. The Morgan fingerprint density at radius 1 is 1.59 bits per heavy atom. The SMILES string of the molecule is CCS(=O)(=O)C(Cl)(Br)C(O)c1cccc(N)c1. The van der Waals surface area contributed by atoms with E-state index in [2.05, 4.69) is 15.9 Å². The Labute approximate surface area is 114 Å². The van der Waals surface area contributed by atoms with E-state index < -0.39 is 19.1 Å². The molecule has 4 nitrogen and oxygen atoms in total. The van der Waals surface area contributed by atoms with Crippen LogP contribution >= 0.6 is 27.5 Å². The van der Waals surface area contributed by atoms with E-state index in [-0.39, 0.29) is 5.75 Å². The first-order valence-corrected chi connectivity index (χ1v) is 7.68. The molecule has 0 amide bonds. The number of hydrogen-bond donors (Lipinski definition) is 2. The van der Waals surface area contributed by atoms with Gasteiger partial charge in [0, 0.05) is 5.69 Å². The van der Waals surface area contributed by atoms with Gasteiger partial charge in [-0.3, -0.25) is 0 Å². The topological polar surface area (TPSA) is 80.4 Å². The van der Waals surface area contributed by atoms with Crippen LogP contribution in [0.4, 0.5) is 5.69 Å². The number of nitrogen functional groups attached to an aromatic ring is 1. The first kappa shape index (κ1) is 14.8. The summed E-state index contributed by atoms with van der Waals surface area (Å²) in [4.78, 5) is 0. The van der Waals surface area contributed by atoms with Gasteiger partial charge >= 0.3 is 0 Å². The summed E-state index contributed by atoms with van der Waals surface area (Å²) in [5.74, 6) is -0.179. The second kappa shape index (κ2) is 5.14. The number of hydrogen-bond acceptors (Lipinski definition) is 4. The average Bonchev–Trinajstić information content (AvgIpc) is 2.27. The molecule has 0 radical (unpaired) electrons. The summed E-state index contributed by atoms with van der Waals surface area (Å²) in [6.07, 6.45) is -1.40. The van der Waals surface area contributed by atoms with E-state index in [4.69, 9.17) is 17.3 Å². The summed E-state index contributed by atoms with van der Waals surface area (Å²) in [5.41, 5.74) is 6.33. The molecule has 1 rings (SSSR count). The molecule has 1 aromatic rings. The Balaban J connectivity index is 3.17. The maximum absolute atomic E-state index is 11.8. The number of rotatable bonds is 4. The van der Waals surface area contributed by atoms with Crippen LogP contribution in [0.15, 0.2) is 24.3 Å². The number of nitrogens with two attached hydrogens (primary N) is 1. The minimum Gasteiger partial charge on any atom is -0.399 e. The summed E-state index contributed by atoms with van der Waals surface area (Å²) in [6, 6.07) is 6.29. The zero-order chi connectivity index (χ0) is 13.3. The molecule has 0 fully saturated rings. The fourth-order valence-corrected chi connectivity index (χ4v) is 3.55. The molecule has 0 aliphatic heterocycles. The van der Waals surface area contributed by atoms with Gasteiger partial charge in [-0.1, -0.05) is 30.7 Å². The number of alkyl halides is 2. The predicted molar refractivity (Wildman–Crippen MR) is 72.8 cm³/mol. The van der Waals surface area contributed by atoms with E-state index in [0.29, 0.717) is 11.3 Å². The van der Waals surface area contributed by atoms with Gasteiger partial charge in [-0.2, -0.15) is 0 Å². The van der Waals surface area contributed by atoms with Crippen LogP contribution in [-0.2, 0) is 9.84 Å². The van der Waals surface area contributed by atoms with Crippen molar-refractivity contribution in [1.82, 2.24) is 0 Å². The maximum Gasteiger partial charge on any atom is 0.229 e. The van der Waals surface area contributed by atoms with Crippen LogP contribution in [0.1, 0.15) is 18.6 Å². The van der Waals surface area contributed by atoms with Crippen LogP contribution in [0.5, 0.6) is 0 Å². The first-order chi connectivity index (χ1) is 7.72. The molecule has 1 aromatic carbocycles. The Morgan fingerprint density at radius 2 is 2.18 bits per heavy atom. The number of halogens is 2. The lowest BCUT2D eigenvalue weighted by atomic mass is 10.1. The summed E-state index contributed by atoms with van der Waals surface area (Å²) in [5, 5.41) is 10.0. The van der Waals surface area contributed by atoms with Crippen molar-refractivity contribution < 1.29 is 13.5 Å². The van der Waals surface area contributed by atoms with Crippen molar-refractivity contribution >= 4 is 43.1 Å². The molecule has 2 unspecified atom stereocenters. The third kappa shape index (κ3) is 2.93. The van der Waals surface area contributed by atoms with Crippen molar-refractivity contribution in [2.24, 2.45) is 0 Å². The lowest BCUT2D eigenvalue weighted by molar-refractivity contribution is 0.185. The standard InChI is InChI=1S/C10H13BrClNO3S/c1-2-17(15,16)10(11,12)9(14)7-4-3-5-8(13)6-7/h3-6,9,14H,2,13H2,1H3. The largest absolute Gasteiger partial charge is 0.399 e. The minimum absolute atomic E-state index is 0.179. The summed E-state index contributed by atoms with van der Waals surface area (Å²) >= 11 is 8.78. The van der Waals surface area contributed by atoms with Gasteiger partial charge in [0.25, 0.3) is 0 Å². The fourth-order valence-electron chi connectivity index (χ4n) is 1.29. The molecule has 96 valence electrons. The number of benzene rings is 1. The van der Waals surface area contributed by atoms with Crippen molar-refractivity contribution in [3.05, 3.63) is 29.8 Å². The minimum atomic E-state index is -3.67. The smallest absolute Gasteiger partial charge is 0.229 e. The molecule has 0 saturated carbocycles. The highest BCUT2D eigenvalue weighted by Crippen LogP contribution is 2.43. The van der Waals surface area contributed by atoms with Gasteiger partial charge < -0.3 is 10.8 Å². The van der Waals surface area contributed by atoms with Gasteiger partial charge in [0.1, 0.15) is 6.10 Å². The Hall–Kier alpha value is -0.300. The van der Waals surface area contributed by atoms with Crippen LogP contribution in [-0.4, -0.2) is 22.4 Å². The molecule has 0 bridgehead atoms. The van der Waals surface area contributed by atoms with Crippen LogP contribution in [0.2, 0.25) is 0 Å². The Bertz CT molecular complexity index is 504. The fraction of sp³-hybridized carbons (Fsp3) is 0.400. The van der Waals surface area contributed by atoms with Crippen LogP contribution in [0.25, 0.3) is 0 Å². The molecular formula is C10H13BrClNO3S. The van der Waals surface area contributed by atoms with Crippen molar-refractivity contribution in [3.8, 4) is 0 Å². The zero-order valence-corrected chi connectivity index (χ0v) is 12.3. The van der Waals surface area contributed by atoms with E-state index in [1.54, 1.807) is 18.2 Å². The van der Waals surface area contributed by atoms with Crippen molar-refractivity contribution in [3.63, 3.8) is 0 Å². The third-order valence-corrected chi connectivity index (χ3v) is 6.98. The number of aliphatic hydroxyl groups excluding tert-OH is 1. The zero-order valence-electron chi connectivity index (χ0n) is 9.10. The van der Waals surface area contributed by atoms with Gasteiger partial charge in [-0.05, 0) is 33.6 Å². The normalized spacial score (nSPS) is 17.4. The summed E-state index contributed by atoms with van der Waals surface area (Å²) < 4.78 is 21.6. The van der Waals surface area contributed by atoms with Gasteiger partial charge in [0.15, 0.2) is 9.84 Å². The van der Waals surface area contributed by atoms with E-state index in [1.165, 1.54) is 13.0 Å². The van der Waals surface area contributed by atoms with Gasteiger partial charge in [0.05, 0.1) is 5.75 Å². The molecule has 3 N–H and O–H groups in total. The van der Waals surface area contributed by atoms with Crippen molar-refractivity contribution in [2.45, 2.75) is 16.1 Å². The molecule has 0 aliphatic carbocycles. The molecule has 0 aliphatic rings. The lowest BCUT2D eigenvalue weighted by Gasteiger charge is -2.25. The molecule has 17 heavy (non-hydrogen) atoms. The first-order valence-electron chi connectivity index (χ1n) is 4.86. The summed E-state index contributed by atoms with van der Waals surface area (Å²) in [7, 11) is -3.67. The quantitative estimate of drug-likeness (QED) is 0.648. The molecule has 0 spiro atoms. The van der Waals surface area contributed by atoms with Gasteiger partial charge in [-0.25, -0.2) is 8.42 Å². The van der Waals surface area contributed by atoms with E-state index in [9.17, 15) is 13.5 Å². The number of sulfone groups is 1.